The van der Waals surface area contributed by atoms with E-state index in [4.69, 9.17) is 9.72 Å². The highest BCUT2D eigenvalue weighted by atomic mass is 19.4. The first-order valence-electron chi connectivity index (χ1n) is 15.4. The number of aromatic nitrogens is 7. The fraction of sp³-hybridized carbons (Fsp3) is 0.294. The van der Waals surface area contributed by atoms with Crippen molar-refractivity contribution in [2.45, 2.75) is 56.2 Å². The van der Waals surface area contributed by atoms with Gasteiger partial charge in [-0.2, -0.15) is 18.2 Å². The van der Waals surface area contributed by atoms with Gasteiger partial charge in [-0.15, -0.1) is 0 Å². The second-order valence-electron chi connectivity index (χ2n) is 12.1. The number of hydrogen-bond acceptors (Lipinski definition) is 8. The summed E-state index contributed by atoms with van der Waals surface area (Å²) in [6.45, 7) is 0. The van der Waals surface area contributed by atoms with Gasteiger partial charge in [0.1, 0.15) is 23.5 Å². The minimum absolute atomic E-state index is 0.00282. The summed E-state index contributed by atoms with van der Waals surface area (Å²) in [7, 11) is 1.49. The molecule has 1 unspecified atom stereocenters. The quantitative estimate of drug-likeness (QED) is 0.217. The third-order valence-corrected chi connectivity index (χ3v) is 8.67. The predicted molar refractivity (Wildman–Crippen MR) is 163 cm³/mol. The zero-order valence-corrected chi connectivity index (χ0v) is 25.4. The second kappa shape index (κ2) is 11.4. The average Bonchev–Trinajstić information content (AvgIpc) is 4.02. The van der Waals surface area contributed by atoms with Crippen LogP contribution in [0.25, 0.3) is 28.9 Å². The van der Waals surface area contributed by atoms with Gasteiger partial charge in [0.2, 0.25) is 5.88 Å². The highest BCUT2D eigenvalue weighted by Gasteiger charge is 2.37. The Kier molecular flexibility index (Phi) is 7.11. The number of alkyl halides is 3. The number of ether oxygens (including phenoxy) is 1. The Labute approximate surface area is 270 Å². The van der Waals surface area contributed by atoms with Gasteiger partial charge in [0, 0.05) is 41.6 Å². The van der Waals surface area contributed by atoms with E-state index in [-0.39, 0.29) is 35.5 Å². The fourth-order valence-corrected chi connectivity index (χ4v) is 6.01. The number of hydrogen-bond donors (Lipinski definition) is 0. The predicted octanol–water partition coefficient (Wildman–Crippen LogP) is 4.89. The number of carbonyl (C=O) groups excluding carboxylic acids is 1. The minimum atomic E-state index is -4.55. The van der Waals surface area contributed by atoms with Crippen molar-refractivity contribution in [3.63, 3.8) is 0 Å². The fourth-order valence-electron chi connectivity index (χ4n) is 6.01. The van der Waals surface area contributed by atoms with E-state index >= 15 is 0 Å². The van der Waals surface area contributed by atoms with Crippen LogP contribution in [0.4, 0.5) is 17.6 Å². The molecular formula is C34H26F4N8O2. The molecule has 1 aromatic carbocycles. The molecule has 0 saturated heterocycles. The number of benzene rings is 1. The molecular weight excluding hydrogens is 628 g/mol. The summed E-state index contributed by atoms with van der Waals surface area (Å²) < 4.78 is 61.8. The monoisotopic (exact) mass is 654 g/mol. The normalized spacial score (nSPS) is 17.4. The molecule has 242 valence electrons. The van der Waals surface area contributed by atoms with E-state index in [1.807, 2.05) is 12.1 Å². The number of fused-ring (bicyclic) bond motifs is 1. The Morgan fingerprint density at radius 2 is 1.79 bits per heavy atom. The maximum absolute atomic E-state index is 14.1. The molecule has 4 aromatic heterocycles. The van der Waals surface area contributed by atoms with Crippen LogP contribution in [0.15, 0.2) is 60.2 Å². The Bertz CT molecular complexity index is 2210. The standard InChI is InChI=1S/C34H26F4N8O2/c1-48-33-27(28(18-6-7-18)40-16-41-33)30-42-25(24-12-23(32(47)45-29(24)44-30)20-11-21(35)14-39-13-20)10-17-2-4-19(5-3-17)31-43-26(34(36,37)38)15-46(31)22-8-9-22/h2-5,11-16,18,22-23H,6-10H2,1H3. The number of nitrogens with zero attached hydrogens (tertiary/aromatic N) is 8. The van der Waals surface area contributed by atoms with Crippen molar-refractivity contribution >= 4 is 12.0 Å². The third kappa shape index (κ3) is 5.60. The van der Waals surface area contributed by atoms with E-state index < -0.39 is 29.5 Å². The van der Waals surface area contributed by atoms with Gasteiger partial charge in [-0.1, -0.05) is 30.3 Å². The number of pyridine rings is 1. The molecule has 1 atom stereocenters. The molecule has 2 saturated carbocycles. The SMILES string of the molecule is COc1ncnc(C2CC2)c1-c1nc(Cc2ccc(-c3nc(C(F)(F)F)cn3C3CC3)cc2)c2c(n1)=NC(=O)C(c1cncc(F)c1)C=2. The van der Waals surface area contributed by atoms with E-state index in [2.05, 4.69) is 29.9 Å². The Morgan fingerprint density at radius 3 is 2.48 bits per heavy atom. The second-order valence-corrected chi connectivity index (χ2v) is 12.1. The number of amides is 1. The lowest BCUT2D eigenvalue weighted by Gasteiger charge is -2.16. The summed E-state index contributed by atoms with van der Waals surface area (Å²) in [6.07, 6.45) is 5.86. The van der Waals surface area contributed by atoms with Gasteiger partial charge in [0.25, 0.3) is 5.91 Å². The Balaban J connectivity index is 1.24. The van der Waals surface area contributed by atoms with Gasteiger partial charge in [-0.25, -0.2) is 29.3 Å². The van der Waals surface area contributed by atoms with Gasteiger partial charge in [0.15, 0.2) is 17.0 Å². The molecule has 1 amide bonds. The molecule has 2 aliphatic carbocycles. The van der Waals surface area contributed by atoms with E-state index in [0.29, 0.717) is 33.5 Å². The van der Waals surface area contributed by atoms with Gasteiger partial charge >= 0.3 is 6.18 Å². The van der Waals surface area contributed by atoms with Crippen LogP contribution in [0, 0.1) is 5.82 Å². The lowest BCUT2D eigenvalue weighted by Crippen LogP contribution is -2.40. The molecule has 0 spiro atoms. The topological polar surface area (TPSA) is 121 Å². The summed E-state index contributed by atoms with van der Waals surface area (Å²) >= 11 is 0. The van der Waals surface area contributed by atoms with Gasteiger partial charge in [0.05, 0.1) is 30.6 Å². The largest absolute Gasteiger partial charge is 0.480 e. The third-order valence-electron chi connectivity index (χ3n) is 8.67. The average molecular weight is 655 g/mol. The van der Waals surface area contributed by atoms with E-state index in [0.717, 1.165) is 49.3 Å². The number of halogens is 4. The number of rotatable bonds is 8. The van der Waals surface area contributed by atoms with Crippen LogP contribution < -0.4 is 15.4 Å². The van der Waals surface area contributed by atoms with E-state index in [1.165, 1.54) is 25.7 Å². The van der Waals surface area contributed by atoms with Crippen LogP contribution in [0.3, 0.4) is 0 Å². The molecule has 0 radical (unpaired) electrons. The summed E-state index contributed by atoms with van der Waals surface area (Å²) in [5, 5.41) is 0.500. The van der Waals surface area contributed by atoms with Crippen molar-refractivity contribution in [2.24, 2.45) is 4.99 Å². The van der Waals surface area contributed by atoms with Gasteiger partial charge in [-0.3, -0.25) is 9.78 Å². The first-order valence-corrected chi connectivity index (χ1v) is 15.4. The van der Waals surface area contributed by atoms with E-state index in [9.17, 15) is 22.4 Å². The smallest absolute Gasteiger partial charge is 0.434 e. The van der Waals surface area contributed by atoms with Crippen LogP contribution in [-0.4, -0.2) is 47.5 Å². The molecule has 5 heterocycles. The minimum Gasteiger partial charge on any atom is -0.480 e. The van der Waals surface area contributed by atoms with Crippen molar-refractivity contribution < 1.29 is 27.1 Å². The molecule has 5 aromatic rings. The van der Waals surface area contributed by atoms with Crippen molar-refractivity contribution in [1.29, 1.82) is 0 Å². The summed E-state index contributed by atoms with van der Waals surface area (Å²) in [6, 6.07) is 8.33. The van der Waals surface area contributed by atoms with Crippen LogP contribution >= 0.6 is 0 Å². The van der Waals surface area contributed by atoms with Crippen molar-refractivity contribution in [3.05, 3.63) is 100.0 Å². The molecule has 0 N–H and O–H groups in total. The zero-order chi connectivity index (χ0) is 33.2. The highest BCUT2D eigenvalue weighted by molar-refractivity contribution is 5.91. The molecule has 48 heavy (non-hydrogen) atoms. The summed E-state index contributed by atoms with van der Waals surface area (Å²) in [5.74, 6) is -1.01. The Morgan fingerprint density at radius 1 is 1.00 bits per heavy atom. The number of methoxy groups -OCH3 is 1. The molecule has 10 nitrogen and oxygen atoms in total. The maximum Gasteiger partial charge on any atom is 0.434 e. The molecule has 0 bridgehead atoms. The Hall–Kier alpha value is -5.40. The molecule has 3 aliphatic rings. The number of imidazole rings is 1. The van der Waals surface area contributed by atoms with Crippen LogP contribution in [0.2, 0.25) is 0 Å². The lowest BCUT2D eigenvalue weighted by molar-refractivity contribution is -0.140. The summed E-state index contributed by atoms with van der Waals surface area (Å²) in [4.78, 5) is 43.9. The molecule has 1 aliphatic heterocycles. The van der Waals surface area contributed by atoms with Crippen molar-refractivity contribution in [3.8, 4) is 28.7 Å². The van der Waals surface area contributed by atoms with E-state index in [1.54, 1.807) is 22.8 Å². The van der Waals surface area contributed by atoms with Gasteiger partial charge < -0.3 is 9.30 Å². The molecule has 8 rings (SSSR count). The van der Waals surface area contributed by atoms with Crippen LogP contribution in [0.5, 0.6) is 5.88 Å². The van der Waals surface area contributed by atoms with Gasteiger partial charge in [-0.05, 0) is 42.9 Å². The molecule has 14 heteroatoms. The zero-order valence-electron chi connectivity index (χ0n) is 25.4. The number of carbonyl (C=O) groups is 1. The van der Waals surface area contributed by atoms with Crippen LogP contribution in [-0.2, 0) is 17.4 Å². The first-order chi connectivity index (χ1) is 23.2. The maximum atomic E-state index is 14.1. The summed E-state index contributed by atoms with van der Waals surface area (Å²) in [5.41, 5.74) is 2.71. The van der Waals surface area contributed by atoms with Crippen molar-refractivity contribution in [2.75, 3.05) is 7.11 Å². The molecule has 2 fully saturated rings. The lowest BCUT2D eigenvalue weighted by atomic mass is 9.95. The van der Waals surface area contributed by atoms with Crippen molar-refractivity contribution in [1.82, 2.24) is 34.5 Å². The van der Waals surface area contributed by atoms with Crippen LogP contribution in [0.1, 0.15) is 71.8 Å². The highest BCUT2D eigenvalue weighted by Crippen LogP contribution is 2.45. The first kappa shape index (κ1) is 30.0.